The van der Waals surface area contributed by atoms with Gasteiger partial charge in [-0.1, -0.05) is 24.3 Å². The fourth-order valence-electron chi connectivity index (χ4n) is 3.37. The molecule has 0 aliphatic carbocycles. The highest BCUT2D eigenvalue weighted by Crippen LogP contribution is 2.56. The van der Waals surface area contributed by atoms with E-state index >= 15 is 0 Å². The lowest BCUT2D eigenvalue weighted by molar-refractivity contribution is -0.288. The molecule has 0 saturated carbocycles. The Labute approximate surface area is 199 Å². The van der Waals surface area contributed by atoms with Crippen molar-refractivity contribution in [2.45, 2.75) is 70.5 Å². The summed E-state index contributed by atoms with van der Waals surface area (Å²) in [4.78, 5) is 24.3. The van der Waals surface area contributed by atoms with E-state index in [9.17, 15) is 35.9 Å². The SMILES string of the molecule is CC(C)(C)OC(=O)c1ccc(C(c2ccc(C(=O)OC(C)(C)C)cc2)(C(F)(F)F)C(F)(F)F)cc1. The van der Waals surface area contributed by atoms with Crippen molar-refractivity contribution in [2.75, 3.05) is 0 Å². The Balaban J connectivity index is 2.63. The maximum absolute atomic E-state index is 14.3. The molecule has 0 heterocycles. The molecule has 0 bridgehead atoms. The van der Waals surface area contributed by atoms with Crippen molar-refractivity contribution < 1.29 is 45.4 Å². The molecule has 0 saturated heterocycles. The lowest BCUT2D eigenvalue weighted by atomic mass is 9.72. The van der Waals surface area contributed by atoms with Crippen molar-refractivity contribution in [3.05, 3.63) is 70.8 Å². The summed E-state index contributed by atoms with van der Waals surface area (Å²) in [6.45, 7) is 9.41. The number of rotatable bonds is 4. The molecular weight excluding hydrogens is 478 g/mol. The van der Waals surface area contributed by atoms with E-state index in [4.69, 9.17) is 9.47 Å². The molecule has 0 atom stereocenters. The second-order valence-corrected chi connectivity index (χ2v) is 9.90. The zero-order valence-corrected chi connectivity index (χ0v) is 20.0. The van der Waals surface area contributed by atoms with E-state index in [0.29, 0.717) is 24.3 Å². The average molecular weight is 504 g/mol. The van der Waals surface area contributed by atoms with E-state index in [1.54, 1.807) is 41.5 Å². The van der Waals surface area contributed by atoms with Crippen molar-refractivity contribution in [1.82, 2.24) is 0 Å². The number of carbonyl (C=O) groups excluding carboxylic acids is 2. The summed E-state index contributed by atoms with van der Waals surface area (Å²) in [6, 6.07) is 5.80. The van der Waals surface area contributed by atoms with Crippen LogP contribution in [0.15, 0.2) is 48.5 Å². The first-order valence-electron chi connectivity index (χ1n) is 10.5. The molecule has 2 aromatic carbocycles. The van der Waals surface area contributed by atoms with Gasteiger partial charge in [0.25, 0.3) is 0 Å². The van der Waals surface area contributed by atoms with Gasteiger partial charge in [-0.2, -0.15) is 26.3 Å². The smallest absolute Gasteiger partial charge is 0.411 e. The van der Waals surface area contributed by atoms with E-state index in [2.05, 4.69) is 0 Å². The second kappa shape index (κ2) is 9.20. The number of hydrogen-bond donors (Lipinski definition) is 0. The van der Waals surface area contributed by atoms with Crippen LogP contribution < -0.4 is 0 Å². The summed E-state index contributed by atoms with van der Waals surface area (Å²) in [5.74, 6) is -1.79. The first-order valence-corrected chi connectivity index (χ1v) is 10.5. The molecule has 0 spiro atoms. The Morgan fingerprint density at radius 3 is 1.00 bits per heavy atom. The normalized spacial score (nSPS) is 13.4. The molecule has 4 nitrogen and oxygen atoms in total. The summed E-state index contributed by atoms with van der Waals surface area (Å²) in [5.41, 5.74) is -8.94. The third-order valence-corrected chi connectivity index (χ3v) is 4.76. The maximum atomic E-state index is 14.3. The molecule has 192 valence electrons. The monoisotopic (exact) mass is 504 g/mol. The topological polar surface area (TPSA) is 52.6 Å². The van der Waals surface area contributed by atoms with Gasteiger partial charge in [0.15, 0.2) is 0 Å². The molecule has 0 N–H and O–H groups in total. The van der Waals surface area contributed by atoms with Crippen LogP contribution in [0, 0.1) is 0 Å². The van der Waals surface area contributed by atoms with Crippen LogP contribution in [0.3, 0.4) is 0 Å². The second-order valence-electron chi connectivity index (χ2n) is 9.90. The van der Waals surface area contributed by atoms with E-state index in [-0.39, 0.29) is 11.1 Å². The van der Waals surface area contributed by atoms with Crippen molar-refractivity contribution in [1.29, 1.82) is 0 Å². The minimum atomic E-state index is -5.81. The molecule has 0 aliphatic heterocycles. The Kier molecular flexibility index (Phi) is 7.41. The molecule has 0 aliphatic rings. The minimum Gasteiger partial charge on any atom is -0.456 e. The van der Waals surface area contributed by atoms with E-state index in [1.807, 2.05) is 0 Å². The first kappa shape index (κ1) is 28.2. The molecule has 35 heavy (non-hydrogen) atoms. The van der Waals surface area contributed by atoms with Crippen LogP contribution in [-0.4, -0.2) is 35.5 Å². The highest BCUT2D eigenvalue weighted by Gasteiger charge is 2.72. The molecule has 0 amide bonds. The van der Waals surface area contributed by atoms with Gasteiger partial charge in [0, 0.05) is 0 Å². The standard InChI is InChI=1S/C25H26F6O4/c1-21(2,3)34-19(32)15-7-11-17(12-8-15)23(24(26,27)28,25(29,30)31)18-13-9-16(10-14-18)20(33)35-22(4,5)6/h7-14H,1-6H3. The lowest BCUT2D eigenvalue weighted by Gasteiger charge is -2.38. The number of hydrogen-bond acceptors (Lipinski definition) is 4. The van der Waals surface area contributed by atoms with Gasteiger partial charge in [0.2, 0.25) is 5.41 Å². The van der Waals surface area contributed by atoms with Gasteiger partial charge in [-0.25, -0.2) is 9.59 Å². The lowest BCUT2D eigenvalue weighted by Crippen LogP contribution is -2.54. The van der Waals surface area contributed by atoms with Crippen molar-refractivity contribution in [3.63, 3.8) is 0 Å². The largest absolute Gasteiger partial charge is 0.456 e. The first-order chi connectivity index (χ1) is 15.7. The van der Waals surface area contributed by atoms with Gasteiger partial charge in [-0.3, -0.25) is 0 Å². The number of ether oxygens (including phenoxy) is 2. The number of alkyl halides is 6. The van der Waals surface area contributed by atoms with Crippen LogP contribution in [0.25, 0.3) is 0 Å². The van der Waals surface area contributed by atoms with Crippen molar-refractivity contribution in [2.24, 2.45) is 0 Å². The summed E-state index contributed by atoms with van der Waals surface area (Å²) < 4.78 is 96.0. The zero-order valence-electron chi connectivity index (χ0n) is 20.0. The number of carbonyl (C=O) groups is 2. The Morgan fingerprint density at radius 2 is 0.800 bits per heavy atom. The van der Waals surface area contributed by atoms with Gasteiger partial charge < -0.3 is 9.47 Å². The number of benzene rings is 2. The Morgan fingerprint density at radius 1 is 0.543 bits per heavy atom. The predicted octanol–water partition coefficient (Wildman–Crippen LogP) is 7.01. The summed E-state index contributed by atoms with van der Waals surface area (Å²) in [6.07, 6.45) is -11.6. The highest BCUT2D eigenvalue weighted by molar-refractivity contribution is 5.90. The van der Waals surface area contributed by atoms with Crippen molar-refractivity contribution >= 4 is 11.9 Å². The van der Waals surface area contributed by atoms with Crippen LogP contribution in [0.5, 0.6) is 0 Å². The quantitative estimate of drug-likeness (QED) is 0.332. The van der Waals surface area contributed by atoms with Crippen LogP contribution in [0.2, 0.25) is 0 Å². The maximum Gasteiger partial charge on any atom is 0.411 e. The molecule has 2 rings (SSSR count). The molecule has 0 unspecified atom stereocenters. The van der Waals surface area contributed by atoms with Crippen LogP contribution >= 0.6 is 0 Å². The third kappa shape index (κ3) is 6.15. The number of esters is 2. The van der Waals surface area contributed by atoms with Gasteiger partial charge in [0.05, 0.1) is 11.1 Å². The summed E-state index contributed by atoms with van der Waals surface area (Å²) in [5, 5.41) is 0. The van der Waals surface area contributed by atoms with Gasteiger partial charge in [-0.05, 0) is 76.9 Å². The van der Waals surface area contributed by atoms with Crippen LogP contribution in [0.4, 0.5) is 26.3 Å². The fourth-order valence-corrected chi connectivity index (χ4v) is 3.37. The van der Waals surface area contributed by atoms with Crippen molar-refractivity contribution in [3.8, 4) is 0 Å². The third-order valence-electron chi connectivity index (χ3n) is 4.76. The van der Waals surface area contributed by atoms with Gasteiger partial charge >= 0.3 is 24.3 Å². The molecule has 0 radical (unpaired) electrons. The molecule has 2 aromatic rings. The zero-order chi connectivity index (χ0) is 27.0. The fraction of sp³-hybridized carbons (Fsp3) is 0.440. The Bertz CT molecular complexity index is 967. The van der Waals surface area contributed by atoms with Gasteiger partial charge in [0.1, 0.15) is 11.2 Å². The highest BCUT2D eigenvalue weighted by atomic mass is 19.4. The van der Waals surface area contributed by atoms with E-state index in [1.165, 1.54) is 0 Å². The number of halogens is 6. The van der Waals surface area contributed by atoms with E-state index < -0.39 is 52.0 Å². The van der Waals surface area contributed by atoms with Gasteiger partial charge in [-0.15, -0.1) is 0 Å². The molecule has 10 heteroatoms. The summed E-state index contributed by atoms with van der Waals surface area (Å²) in [7, 11) is 0. The molecular formula is C25H26F6O4. The minimum absolute atomic E-state index is 0.206. The average Bonchev–Trinajstić information content (AvgIpc) is 2.64. The van der Waals surface area contributed by atoms with E-state index in [0.717, 1.165) is 24.3 Å². The van der Waals surface area contributed by atoms with Crippen LogP contribution in [0.1, 0.15) is 73.4 Å². The van der Waals surface area contributed by atoms with Crippen LogP contribution in [-0.2, 0) is 14.9 Å². The molecule has 0 aromatic heterocycles. The Hall–Kier alpha value is -3.04. The predicted molar refractivity (Wildman–Crippen MR) is 116 cm³/mol. The molecule has 0 fully saturated rings. The summed E-state index contributed by atoms with van der Waals surface area (Å²) >= 11 is 0.